The van der Waals surface area contributed by atoms with Crippen LogP contribution in [0.25, 0.3) is 0 Å². The van der Waals surface area contributed by atoms with Gasteiger partial charge in [0.2, 0.25) is 5.91 Å². The third-order valence-electron chi connectivity index (χ3n) is 3.84. The fraction of sp³-hybridized carbons (Fsp3) is 0.500. The van der Waals surface area contributed by atoms with Gasteiger partial charge in [0.25, 0.3) is 0 Å². The molecule has 1 atom stereocenters. The molecule has 0 bridgehead atoms. The molecule has 0 radical (unpaired) electrons. The van der Waals surface area contributed by atoms with Gasteiger partial charge >= 0.3 is 0 Å². The number of nitrogens with one attached hydrogen (secondary N) is 2. The number of benzene rings is 1. The summed E-state index contributed by atoms with van der Waals surface area (Å²) in [6.45, 7) is 2.68. The van der Waals surface area contributed by atoms with E-state index in [9.17, 15) is 9.18 Å². The number of carbonyl (C=O) groups excluding carboxylic acids is 1. The summed E-state index contributed by atoms with van der Waals surface area (Å²) in [5, 5.41) is 14.7. The third-order valence-corrected chi connectivity index (χ3v) is 3.84. The second-order valence-corrected chi connectivity index (χ2v) is 5.46. The lowest BCUT2D eigenvalue weighted by molar-refractivity contribution is -0.120. The van der Waals surface area contributed by atoms with Crippen molar-refractivity contribution < 1.29 is 9.18 Å². The highest BCUT2D eigenvalue weighted by molar-refractivity contribution is 5.78. The van der Waals surface area contributed by atoms with Crippen LogP contribution in [0.2, 0.25) is 0 Å². The van der Waals surface area contributed by atoms with Crippen molar-refractivity contribution in [1.82, 2.24) is 15.5 Å². The normalized spacial score (nSPS) is 18.1. The predicted molar refractivity (Wildman–Crippen MR) is 81.3 cm³/mol. The van der Waals surface area contributed by atoms with Crippen LogP contribution >= 0.6 is 0 Å². The van der Waals surface area contributed by atoms with E-state index in [-0.39, 0.29) is 24.3 Å². The average molecular weight is 304 g/mol. The molecule has 1 fully saturated rings. The van der Waals surface area contributed by atoms with Crippen molar-refractivity contribution in [2.45, 2.75) is 25.4 Å². The first kappa shape index (κ1) is 16.4. The Hall–Kier alpha value is -1.97. The molecule has 0 unspecified atom stereocenters. The van der Waals surface area contributed by atoms with Gasteiger partial charge in [-0.2, -0.15) is 5.26 Å². The van der Waals surface area contributed by atoms with Crippen molar-refractivity contribution >= 4 is 5.91 Å². The number of carbonyl (C=O) groups is 1. The van der Waals surface area contributed by atoms with E-state index < -0.39 is 0 Å². The van der Waals surface area contributed by atoms with E-state index in [2.05, 4.69) is 21.6 Å². The highest BCUT2D eigenvalue weighted by Gasteiger charge is 2.24. The Morgan fingerprint density at radius 1 is 1.41 bits per heavy atom. The van der Waals surface area contributed by atoms with E-state index in [0.29, 0.717) is 19.6 Å². The van der Waals surface area contributed by atoms with E-state index in [1.165, 1.54) is 12.1 Å². The molecule has 118 valence electrons. The van der Waals surface area contributed by atoms with Crippen LogP contribution in [-0.4, -0.2) is 43.0 Å². The number of rotatable bonds is 7. The minimum absolute atomic E-state index is 0.0640. The maximum Gasteiger partial charge on any atom is 0.234 e. The molecule has 0 spiro atoms. The molecule has 6 heteroatoms. The van der Waals surface area contributed by atoms with Gasteiger partial charge in [-0.1, -0.05) is 12.1 Å². The Morgan fingerprint density at radius 2 is 2.18 bits per heavy atom. The molecule has 1 aliphatic rings. The number of amides is 1. The van der Waals surface area contributed by atoms with Gasteiger partial charge in [-0.3, -0.25) is 9.69 Å². The zero-order valence-corrected chi connectivity index (χ0v) is 12.5. The van der Waals surface area contributed by atoms with Crippen LogP contribution < -0.4 is 10.6 Å². The molecule has 0 saturated carbocycles. The summed E-state index contributed by atoms with van der Waals surface area (Å²) in [5.74, 6) is -0.328. The van der Waals surface area contributed by atoms with Crippen molar-refractivity contribution in [3.8, 4) is 6.07 Å². The van der Waals surface area contributed by atoms with Gasteiger partial charge in [-0.25, -0.2) is 4.39 Å². The molecule has 2 rings (SSSR count). The Labute approximate surface area is 130 Å². The summed E-state index contributed by atoms with van der Waals surface area (Å²) < 4.78 is 12.8. The smallest absolute Gasteiger partial charge is 0.234 e. The van der Waals surface area contributed by atoms with Crippen LogP contribution in [0.4, 0.5) is 4.39 Å². The highest BCUT2D eigenvalue weighted by Crippen LogP contribution is 2.15. The van der Waals surface area contributed by atoms with E-state index in [1.807, 2.05) is 0 Å². The molecule has 0 aliphatic carbocycles. The van der Waals surface area contributed by atoms with Crippen molar-refractivity contribution in [3.05, 3.63) is 35.6 Å². The molecule has 22 heavy (non-hydrogen) atoms. The maximum atomic E-state index is 12.8. The van der Waals surface area contributed by atoms with Crippen molar-refractivity contribution in [2.24, 2.45) is 0 Å². The molecule has 2 N–H and O–H groups in total. The molecule has 1 aliphatic heterocycles. The number of nitriles is 1. The largest absolute Gasteiger partial charge is 0.353 e. The molecule has 1 aromatic carbocycles. The summed E-state index contributed by atoms with van der Waals surface area (Å²) in [6, 6.07) is 8.62. The molecular weight excluding hydrogens is 283 g/mol. The van der Waals surface area contributed by atoms with Crippen molar-refractivity contribution in [1.29, 1.82) is 5.26 Å². The van der Waals surface area contributed by atoms with E-state index in [0.717, 1.165) is 24.9 Å². The number of halogens is 1. The summed E-state index contributed by atoms with van der Waals surface area (Å²) in [4.78, 5) is 13.9. The number of nitrogens with zero attached hydrogens (tertiary/aromatic N) is 2. The van der Waals surface area contributed by atoms with Crippen LogP contribution in [0.1, 0.15) is 18.4 Å². The van der Waals surface area contributed by atoms with E-state index >= 15 is 0 Å². The minimum atomic E-state index is -0.264. The van der Waals surface area contributed by atoms with Crippen LogP contribution in [0.15, 0.2) is 24.3 Å². The van der Waals surface area contributed by atoms with Gasteiger partial charge in [-0.15, -0.1) is 0 Å². The summed E-state index contributed by atoms with van der Waals surface area (Å²) in [5.41, 5.74) is 0.935. The third kappa shape index (κ3) is 5.10. The minimum Gasteiger partial charge on any atom is -0.353 e. The summed E-state index contributed by atoms with van der Waals surface area (Å²) >= 11 is 0. The summed E-state index contributed by atoms with van der Waals surface area (Å²) in [6.07, 6.45) is 2.09. The van der Waals surface area contributed by atoms with Gasteiger partial charge in [0.15, 0.2) is 0 Å². The second kappa shape index (κ2) is 8.47. The number of hydrogen-bond acceptors (Lipinski definition) is 4. The maximum absolute atomic E-state index is 12.8. The van der Waals surface area contributed by atoms with Crippen LogP contribution in [-0.2, 0) is 11.3 Å². The van der Waals surface area contributed by atoms with Gasteiger partial charge in [-0.05, 0) is 37.1 Å². The van der Waals surface area contributed by atoms with E-state index in [1.54, 1.807) is 12.1 Å². The fourth-order valence-electron chi connectivity index (χ4n) is 2.64. The van der Waals surface area contributed by atoms with Crippen LogP contribution in [0.5, 0.6) is 0 Å². The predicted octanol–water partition coefficient (Wildman–Crippen LogP) is 1.02. The first-order valence-corrected chi connectivity index (χ1v) is 7.52. The van der Waals surface area contributed by atoms with Gasteiger partial charge in [0.05, 0.1) is 19.2 Å². The zero-order valence-electron chi connectivity index (χ0n) is 12.5. The molecule has 5 nitrogen and oxygen atoms in total. The zero-order chi connectivity index (χ0) is 15.8. The van der Waals surface area contributed by atoms with Crippen LogP contribution in [0, 0.1) is 17.1 Å². The highest BCUT2D eigenvalue weighted by atomic mass is 19.1. The monoisotopic (exact) mass is 304 g/mol. The van der Waals surface area contributed by atoms with E-state index in [4.69, 9.17) is 5.26 Å². The Bertz CT molecular complexity index is 526. The first-order chi connectivity index (χ1) is 10.7. The molecule has 0 aromatic heterocycles. The SMILES string of the molecule is N#CCN1CCC[C@H]1CNC(=O)CNCc1ccc(F)cc1. The van der Waals surface area contributed by atoms with Gasteiger partial charge in [0, 0.05) is 19.1 Å². The van der Waals surface area contributed by atoms with Gasteiger partial charge < -0.3 is 10.6 Å². The molecular formula is C16H21FN4O. The number of likely N-dealkylation sites (tertiary alicyclic amines) is 1. The average Bonchev–Trinajstić information content (AvgIpc) is 2.95. The lowest BCUT2D eigenvalue weighted by Crippen LogP contribution is -2.42. The van der Waals surface area contributed by atoms with Crippen molar-refractivity contribution in [3.63, 3.8) is 0 Å². The molecule has 1 saturated heterocycles. The van der Waals surface area contributed by atoms with Crippen LogP contribution in [0.3, 0.4) is 0 Å². The van der Waals surface area contributed by atoms with Crippen molar-refractivity contribution in [2.75, 3.05) is 26.2 Å². The Balaban J connectivity index is 1.63. The molecule has 1 amide bonds. The lowest BCUT2D eigenvalue weighted by Gasteiger charge is -2.21. The first-order valence-electron chi connectivity index (χ1n) is 7.52. The fourth-order valence-corrected chi connectivity index (χ4v) is 2.64. The Kier molecular flexibility index (Phi) is 6.31. The van der Waals surface area contributed by atoms with Gasteiger partial charge in [0.1, 0.15) is 5.82 Å². The standard InChI is InChI=1S/C16H21FN4O/c17-14-5-3-13(4-6-14)10-19-12-16(22)20-11-15-2-1-8-21(15)9-7-18/h3-6,15,19H,1-2,8-12H2,(H,20,22)/t15-/m0/s1. The molecule has 1 heterocycles. The summed E-state index contributed by atoms with van der Waals surface area (Å²) in [7, 11) is 0. The molecule has 1 aromatic rings. The topological polar surface area (TPSA) is 68.2 Å². The number of hydrogen-bond donors (Lipinski definition) is 2. The Morgan fingerprint density at radius 3 is 2.91 bits per heavy atom. The quantitative estimate of drug-likeness (QED) is 0.738. The lowest BCUT2D eigenvalue weighted by atomic mass is 10.2. The second-order valence-electron chi connectivity index (χ2n) is 5.46.